The first-order valence-corrected chi connectivity index (χ1v) is 4.42. The second kappa shape index (κ2) is 3.75. The Labute approximate surface area is 77.8 Å². The zero-order valence-corrected chi connectivity index (χ0v) is 7.79. The van der Waals surface area contributed by atoms with Gasteiger partial charge in [0.15, 0.2) is 0 Å². The molecule has 13 heavy (non-hydrogen) atoms. The maximum atomic E-state index is 11.4. The fourth-order valence-electron chi connectivity index (χ4n) is 1.78. The van der Waals surface area contributed by atoms with Crippen molar-refractivity contribution in [3.63, 3.8) is 0 Å². The summed E-state index contributed by atoms with van der Waals surface area (Å²) in [5.41, 5.74) is -0.437. The van der Waals surface area contributed by atoms with Crippen LogP contribution in [0.3, 0.4) is 0 Å². The Kier molecular flexibility index (Phi) is 2.89. The van der Waals surface area contributed by atoms with Crippen LogP contribution < -0.4 is 0 Å². The second-order valence-electron chi connectivity index (χ2n) is 3.64. The predicted molar refractivity (Wildman–Crippen MR) is 46.7 cm³/mol. The van der Waals surface area contributed by atoms with E-state index in [-0.39, 0.29) is 18.9 Å². The molecule has 1 aliphatic rings. The van der Waals surface area contributed by atoms with E-state index in [0.29, 0.717) is 6.54 Å². The minimum atomic E-state index is -0.437. The molecule has 1 N–H and O–H groups in total. The average molecular weight is 182 g/mol. The molecule has 1 unspecified atom stereocenters. The molecule has 0 spiro atoms. The van der Waals surface area contributed by atoms with Gasteiger partial charge in [-0.3, -0.25) is 4.79 Å². The van der Waals surface area contributed by atoms with Gasteiger partial charge in [-0.1, -0.05) is 0 Å². The summed E-state index contributed by atoms with van der Waals surface area (Å²) in [5.74, 6) is -0.170. The monoisotopic (exact) mass is 182 g/mol. The van der Waals surface area contributed by atoms with Gasteiger partial charge in [0.25, 0.3) is 0 Å². The molecule has 1 atom stereocenters. The highest BCUT2D eigenvalue weighted by Crippen LogP contribution is 2.28. The number of nitriles is 1. The van der Waals surface area contributed by atoms with E-state index in [2.05, 4.69) is 0 Å². The lowest BCUT2D eigenvalue weighted by molar-refractivity contribution is -0.135. The Morgan fingerprint density at radius 1 is 1.77 bits per heavy atom. The van der Waals surface area contributed by atoms with Crippen LogP contribution in [0.1, 0.15) is 26.2 Å². The average Bonchev–Trinajstić information content (AvgIpc) is 2.49. The zero-order valence-electron chi connectivity index (χ0n) is 7.79. The van der Waals surface area contributed by atoms with Crippen LogP contribution in [0, 0.1) is 11.3 Å². The van der Waals surface area contributed by atoms with Crippen molar-refractivity contribution >= 4 is 5.91 Å². The summed E-state index contributed by atoms with van der Waals surface area (Å²) in [5, 5.41) is 17.5. The molecule has 0 radical (unpaired) electrons. The number of hydrogen-bond donors (Lipinski definition) is 1. The molecule has 0 aromatic heterocycles. The van der Waals surface area contributed by atoms with Gasteiger partial charge in [0.05, 0.1) is 18.2 Å². The van der Waals surface area contributed by atoms with Crippen molar-refractivity contribution in [2.24, 2.45) is 0 Å². The van der Waals surface area contributed by atoms with E-state index in [1.54, 1.807) is 4.90 Å². The van der Waals surface area contributed by atoms with Gasteiger partial charge in [0, 0.05) is 6.54 Å². The van der Waals surface area contributed by atoms with Gasteiger partial charge in [0.2, 0.25) is 5.91 Å². The first kappa shape index (κ1) is 10.0. The van der Waals surface area contributed by atoms with Crippen LogP contribution in [0.2, 0.25) is 0 Å². The van der Waals surface area contributed by atoms with Gasteiger partial charge in [0.1, 0.15) is 6.42 Å². The molecule has 0 aromatic carbocycles. The summed E-state index contributed by atoms with van der Waals surface area (Å²) in [7, 11) is 0. The summed E-state index contributed by atoms with van der Waals surface area (Å²) in [6.07, 6.45) is 1.64. The van der Waals surface area contributed by atoms with Crippen LogP contribution in [-0.4, -0.2) is 34.6 Å². The molecule has 1 heterocycles. The Morgan fingerprint density at radius 2 is 2.46 bits per heavy atom. The summed E-state index contributed by atoms with van der Waals surface area (Å²) in [6, 6.07) is 1.83. The molecule has 0 aromatic rings. The van der Waals surface area contributed by atoms with E-state index >= 15 is 0 Å². The molecular formula is C9H14N2O2. The highest BCUT2D eigenvalue weighted by atomic mass is 16.3. The minimum absolute atomic E-state index is 0.0236. The van der Waals surface area contributed by atoms with E-state index in [1.165, 1.54) is 0 Å². The number of nitrogens with zero attached hydrogens (tertiary/aromatic N) is 2. The normalized spacial score (nSPS) is 27.3. The third kappa shape index (κ3) is 1.81. The molecule has 0 saturated carbocycles. The van der Waals surface area contributed by atoms with Crippen LogP contribution in [0.5, 0.6) is 0 Å². The number of likely N-dealkylation sites (tertiary alicyclic amines) is 1. The van der Waals surface area contributed by atoms with Gasteiger partial charge >= 0.3 is 0 Å². The largest absolute Gasteiger partial charge is 0.394 e. The quantitative estimate of drug-likeness (QED) is 0.666. The van der Waals surface area contributed by atoms with Crippen molar-refractivity contribution in [3.05, 3.63) is 0 Å². The number of carbonyl (C=O) groups is 1. The molecule has 72 valence electrons. The fourth-order valence-corrected chi connectivity index (χ4v) is 1.78. The van der Waals surface area contributed by atoms with E-state index in [4.69, 9.17) is 10.4 Å². The summed E-state index contributed by atoms with van der Waals surface area (Å²) in [6.45, 7) is 2.50. The molecule has 0 aliphatic carbocycles. The Morgan fingerprint density at radius 3 is 3.00 bits per heavy atom. The fraction of sp³-hybridized carbons (Fsp3) is 0.778. The first-order chi connectivity index (χ1) is 6.14. The number of carbonyl (C=O) groups excluding carboxylic acids is 1. The number of aliphatic hydroxyl groups excluding tert-OH is 1. The summed E-state index contributed by atoms with van der Waals surface area (Å²) in [4.78, 5) is 13.0. The molecule has 1 aliphatic heterocycles. The van der Waals surface area contributed by atoms with Crippen molar-refractivity contribution in [2.45, 2.75) is 31.7 Å². The maximum Gasteiger partial charge on any atom is 0.237 e. The van der Waals surface area contributed by atoms with Crippen LogP contribution in [0.15, 0.2) is 0 Å². The molecule has 1 amide bonds. The van der Waals surface area contributed by atoms with E-state index in [0.717, 1.165) is 12.8 Å². The van der Waals surface area contributed by atoms with Gasteiger partial charge in [-0.2, -0.15) is 5.26 Å². The molecule has 1 saturated heterocycles. The smallest absolute Gasteiger partial charge is 0.237 e. The minimum Gasteiger partial charge on any atom is -0.394 e. The Balaban J connectivity index is 2.69. The van der Waals surface area contributed by atoms with Gasteiger partial charge in [-0.05, 0) is 19.8 Å². The van der Waals surface area contributed by atoms with E-state index in [9.17, 15) is 4.79 Å². The Hall–Kier alpha value is -1.08. The van der Waals surface area contributed by atoms with Crippen molar-refractivity contribution in [3.8, 4) is 6.07 Å². The number of hydrogen-bond acceptors (Lipinski definition) is 3. The summed E-state index contributed by atoms with van der Waals surface area (Å²) < 4.78 is 0. The molecule has 0 bridgehead atoms. The van der Waals surface area contributed by atoms with Crippen molar-refractivity contribution in [2.75, 3.05) is 13.2 Å². The molecule has 1 fully saturated rings. The van der Waals surface area contributed by atoms with Gasteiger partial charge in [-0.15, -0.1) is 0 Å². The van der Waals surface area contributed by atoms with Crippen LogP contribution >= 0.6 is 0 Å². The topological polar surface area (TPSA) is 64.3 Å². The van der Waals surface area contributed by atoms with Crippen molar-refractivity contribution in [1.82, 2.24) is 4.90 Å². The molecular weight excluding hydrogens is 168 g/mol. The standard InChI is InChI=1S/C9H14N2O2/c1-9(7-12)4-2-6-11(9)8(13)3-5-10/h12H,2-4,6-7H2,1H3. The zero-order chi connectivity index (χ0) is 9.90. The number of aliphatic hydroxyl groups is 1. The van der Waals surface area contributed by atoms with E-state index in [1.807, 2.05) is 13.0 Å². The van der Waals surface area contributed by atoms with Crippen LogP contribution in [0.25, 0.3) is 0 Å². The number of amides is 1. The van der Waals surface area contributed by atoms with Crippen molar-refractivity contribution < 1.29 is 9.90 Å². The molecule has 4 heteroatoms. The van der Waals surface area contributed by atoms with Gasteiger partial charge in [-0.25, -0.2) is 0 Å². The highest BCUT2D eigenvalue weighted by Gasteiger charge is 2.38. The van der Waals surface area contributed by atoms with E-state index < -0.39 is 5.54 Å². The van der Waals surface area contributed by atoms with Crippen molar-refractivity contribution in [1.29, 1.82) is 5.26 Å². The van der Waals surface area contributed by atoms with Crippen LogP contribution in [-0.2, 0) is 4.79 Å². The second-order valence-corrected chi connectivity index (χ2v) is 3.64. The third-order valence-corrected chi connectivity index (χ3v) is 2.62. The Bertz CT molecular complexity index is 246. The lowest BCUT2D eigenvalue weighted by Gasteiger charge is -2.32. The first-order valence-electron chi connectivity index (χ1n) is 4.42. The summed E-state index contributed by atoms with van der Waals surface area (Å²) >= 11 is 0. The third-order valence-electron chi connectivity index (χ3n) is 2.62. The highest BCUT2D eigenvalue weighted by molar-refractivity contribution is 5.79. The lowest BCUT2D eigenvalue weighted by atomic mass is 10.0. The maximum absolute atomic E-state index is 11.4. The molecule has 4 nitrogen and oxygen atoms in total. The SMILES string of the molecule is CC1(CO)CCCN1C(=O)CC#N. The number of rotatable bonds is 2. The van der Waals surface area contributed by atoms with Gasteiger partial charge < -0.3 is 10.0 Å². The molecule has 1 rings (SSSR count). The van der Waals surface area contributed by atoms with Crippen LogP contribution in [0.4, 0.5) is 0 Å². The predicted octanol–water partition coefficient (Wildman–Crippen LogP) is 0.273. The lowest BCUT2D eigenvalue weighted by Crippen LogP contribution is -2.47.